The first-order valence-electron chi connectivity index (χ1n) is 10.1. The lowest BCUT2D eigenvalue weighted by atomic mass is 10.2. The van der Waals surface area contributed by atoms with Crippen LogP contribution in [0.2, 0.25) is 0 Å². The second kappa shape index (κ2) is 10.2. The Morgan fingerprint density at radius 1 is 1.22 bits per heavy atom. The predicted molar refractivity (Wildman–Crippen MR) is 115 cm³/mol. The van der Waals surface area contributed by atoms with Crippen LogP contribution >= 0.6 is 0 Å². The summed E-state index contributed by atoms with van der Waals surface area (Å²) in [6, 6.07) is 9.42. The Kier molecular flexibility index (Phi) is 7.60. The van der Waals surface area contributed by atoms with Gasteiger partial charge in [-0.2, -0.15) is 0 Å². The maximum atomic E-state index is 13.6. The van der Waals surface area contributed by atoms with E-state index >= 15 is 0 Å². The molecule has 2 atom stereocenters. The van der Waals surface area contributed by atoms with Gasteiger partial charge in [0.25, 0.3) is 5.91 Å². The smallest absolute Gasteiger partial charge is 0.338 e. The molecule has 1 amide bonds. The molecule has 0 saturated carbocycles. The van der Waals surface area contributed by atoms with E-state index in [0.29, 0.717) is 12.2 Å². The van der Waals surface area contributed by atoms with Gasteiger partial charge in [0.15, 0.2) is 6.10 Å². The Bertz CT molecular complexity index is 1080. The van der Waals surface area contributed by atoms with Gasteiger partial charge in [0, 0.05) is 18.8 Å². The van der Waals surface area contributed by atoms with Crippen LogP contribution in [-0.2, 0) is 24.3 Å². The predicted octanol–water partition coefficient (Wildman–Crippen LogP) is 2.78. The Labute approximate surface area is 186 Å². The first-order valence-corrected chi connectivity index (χ1v) is 11.6. The maximum absolute atomic E-state index is 13.6. The zero-order valence-electron chi connectivity index (χ0n) is 17.8. The lowest BCUT2D eigenvalue weighted by Gasteiger charge is -2.14. The molecule has 3 rings (SSSR count). The average Bonchev–Trinajstić information content (AvgIpc) is 3.29. The van der Waals surface area contributed by atoms with Crippen molar-refractivity contribution >= 4 is 27.6 Å². The van der Waals surface area contributed by atoms with E-state index in [2.05, 4.69) is 10.0 Å². The molecular weight excluding hydrogens is 439 g/mol. The van der Waals surface area contributed by atoms with Crippen LogP contribution in [0.1, 0.15) is 35.7 Å². The molecule has 1 fully saturated rings. The summed E-state index contributed by atoms with van der Waals surface area (Å²) in [5, 5.41) is 2.48. The van der Waals surface area contributed by atoms with Crippen molar-refractivity contribution < 1.29 is 31.9 Å². The first kappa shape index (κ1) is 23.8. The number of anilines is 1. The number of ether oxygens (including phenoxy) is 2. The van der Waals surface area contributed by atoms with Crippen molar-refractivity contribution in [3.05, 3.63) is 59.4 Å². The van der Waals surface area contributed by atoms with Gasteiger partial charge in [-0.15, -0.1) is 0 Å². The molecule has 1 aliphatic heterocycles. The number of nitrogens with one attached hydrogen (secondary N) is 2. The van der Waals surface area contributed by atoms with Gasteiger partial charge in [-0.1, -0.05) is 6.07 Å². The van der Waals surface area contributed by atoms with E-state index < -0.39 is 33.8 Å². The highest BCUT2D eigenvalue weighted by Gasteiger charge is 2.22. The zero-order valence-corrected chi connectivity index (χ0v) is 18.6. The zero-order chi connectivity index (χ0) is 23.3. The van der Waals surface area contributed by atoms with Gasteiger partial charge in [-0.25, -0.2) is 22.3 Å². The fourth-order valence-corrected chi connectivity index (χ4v) is 4.12. The lowest BCUT2D eigenvalue weighted by molar-refractivity contribution is -0.123. The molecule has 0 aliphatic carbocycles. The third-order valence-corrected chi connectivity index (χ3v) is 6.46. The monoisotopic (exact) mass is 464 g/mol. The second-order valence-corrected chi connectivity index (χ2v) is 9.28. The minimum absolute atomic E-state index is 0.000707. The molecule has 2 aromatic carbocycles. The maximum Gasteiger partial charge on any atom is 0.338 e. The van der Waals surface area contributed by atoms with Crippen molar-refractivity contribution in [3.63, 3.8) is 0 Å². The van der Waals surface area contributed by atoms with Crippen LogP contribution in [0.25, 0.3) is 0 Å². The van der Waals surface area contributed by atoms with E-state index in [9.17, 15) is 22.4 Å². The lowest BCUT2D eigenvalue weighted by Crippen LogP contribution is -2.32. The van der Waals surface area contributed by atoms with Crippen molar-refractivity contribution in [2.75, 3.05) is 18.5 Å². The molecule has 0 bridgehead atoms. The molecule has 32 heavy (non-hydrogen) atoms. The minimum Gasteiger partial charge on any atom is -0.449 e. The summed E-state index contributed by atoms with van der Waals surface area (Å²) >= 11 is 0. The fraction of sp³-hybridized carbons (Fsp3) is 0.364. The Hall–Kier alpha value is -2.82. The number of rotatable bonds is 8. The highest BCUT2D eigenvalue weighted by molar-refractivity contribution is 7.89. The number of benzene rings is 2. The van der Waals surface area contributed by atoms with Crippen molar-refractivity contribution in [1.29, 1.82) is 0 Å². The van der Waals surface area contributed by atoms with Crippen LogP contribution in [0.4, 0.5) is 10.1 Å². The fourth-order valence-electron chi connectivity index (χ4n) is 3.06. The largest absolute Gasteiger partial charge is 0.449 e. The quantitative estimate of drug-likeness (QED) is 0.582. The number of hydrogen-bond acceptors (Lipinski definition) is 6. The number of esters is 1. The highest BCUT2D eigenvalue weighted by Crippen LogP contribution is 2.16. The van der Waals surface area contributed by atoms with Gasteiger partial charge < -0.3 is 14.8 Å². The number of amides is 1. The second-order valence-electron chi connectivity index (χ2n) is 7.51. The molecule has 0 unspecified atom stereocenters. The molecule has 10 heteroatoms. The SMILES string of the molecule is Cc1ccc(NC(=O)[C@@H](C)OC(=O)c2ccc(S(=O)(=O)NC[C@@H]3CCCO3)cc2)cc1F. The normalized spacial score (nSPS) is 17.0. The summed E-state index contributed by atoms with van der Waals surface area (Å²) in [6.45, 7) is 3.79. The van der Waals surface area contributed by atoms with Gasteiger partial charge in [0.05, 0.1) is 16.6 Å². The van der Waals surface area contributed by atoms with Crippen molar-refractivity contribution in [3.8, 4) is 0 Å². The number of aryl methyl sites for hydroxylation is 1. The molecule has 0 spiro atoms. The van der Waals surface area contributed by atoms with Crippen LogP contribution in [0.15, 0.2) is 47.4 Å². The molecule has 1 aliphatic rings. The molecule has 1 heterocycles. The molecule has 2 aromatic rings. The molecule has 1 saturated heterocycles. The Balaban J connectivity index is 1.56. The van der Waals surface area contributed by atoms with E-state index in [1.54, 1.807) is 6.92 Å². The molecule has 2 N–H and O–H groups in total. The number of hydrogen-bond donors (Lipinski definition) is 2. The molecule has 172 valence electrons. The van der Waals surface area contributed by atoms with E-state index in [4.69, 9.17) is 9.47 Å². The third-order valence-electron chi connectivity index (χ3n) is 5.02. The number of halogens is 1. The minimum atomic E-state index is -3.74. The van der Waals surface area contributed by atoms with E-state index in [1.807, 2.05) is 0 Å². The summed E-state index contributed by atoms with van der Waals surface area (Å²) in [4.78, 5) is 24.6. The Morgan fingerprint density at radius 3 is 2.56 bits per heavy atom. The van der Waals surface area contributed by atoms with Crippen molar-refractivity contribution in [2.24, 2.45) is 0 Å². The summed E-state index contributed by atoms with van der Waals surface area (Å²) in [6.07, 6.45) is 0.422. The van der Waals surface area contributed by atoms with Gasteiger partial charge >= 0.3 is 5.97 Å². The van der Waals surface area contributed by atoms with Gasteiger partial charge in [-0.05, 0) is 68.7 Å². The number of carbonyl (C=O) groups is 2. The van der Waals surface area contributed by atoms with Crippen LogP contribution in [0, 0.1) is 12.7 Å². The highest BCUT2D eigenvalue weighted by atomic mass is 32.2. The summed E-state index contributed by atoms with van der Waals surface area (Å²) in [5.41, 5.74) is 0.769. The van der Waals surface area contributed by atoms with Gasteiger partial charge in [0.1, 0.15) is 5.82 Å². The summed E-state index contributed by atoms with van der Waals surface area (Å²) in [5.74, 6) is -1.88. The van der Waals surface area contributed by atoms with Crippen LogP contribution < -0.4 is 10.0 Å². The van der Waals surface area contributed by atoms with Gasteiger partial charge in [0.2, 0.25) is 10.0 Å². The molecule has 0 aromatic heterocycles. The van der Waals surface area contributed by atoms with Crippen LogP contribution in [0.3, 0.4) is 0 Å². The average molecular weight is 465 g/mol. The molecular formula is C22H25FN2O6S. The molecule has 0 radical (unpaired) electrons. The van der Waals surface area contributed by atoms with E-state index in [0.717, 1.165) is 12.8 Å². The Morgan fingerprint density at radius 2 is 1.94 bits per heavy atom. The molecule has 8 nitrogen and oxygen atoms in total. The van der Waals surface area contributed by atoms with Crippen LogP contribution in [0.5, 0.6) is 0 Å². The van der Waals surface area contributed by atoms with Crippen molar-refractivity contribution in [2.45, 2.75) is 43.8 Å². The standard InChI is InChI=1S/C22H25FN2O6S/c1-14-5-8-17(12-20(14)23)25-21(26)15(2)31-22(27)16-6-9-19(10-7-16)32(28,29)24-13-18-4-3-11-30-18/h5-10,12,15,18,24H,3-4,11,13H2,1-2H3,(H,25,26)/t15-,18+/m1/s1. The third kappa shape index (κ3) is 6.12. The van der Waals surface area contributed by atoms with E-state index in [1.165, 1.54) is 49.4 Å². The summed E-state index contributed by atoms with van der Waals surface area (Å²) in [7, 11) is -3.74. The summed E-state index contributed by atoms with van der Waals surface area (Å²) < 4.78 is 51.4. The number of sulfonamides is 1. The number of carbonyl (C=O) groups excluding carboxylic acids is 2. The van der Waals surface area contributed by atoms with Crippen LogP contribution in [-0.4, -0.2) is 45.7 Å². The van der Waals surface area contributed by atoms with E-state index in [-0.39, 0.29) is 28.8 Å². The van der Waals surface area contributed by atoms with Gasteiger partial charge in [-0.3, -0.25) is 4.79 Å². The van der Waals surface area contributed by atoms with Crippen molar-refractivity contribution in [1.82, 2.24) is 4.72 Å². The topological polar surface area (TPSA) is 111 Å². The first-order chi connectivity index (χ1) is 15.2.